The first-order valence-corrected chi connectivity index (χ1v) is 14.8. The van der Waals surface area contributed by atoms with E-state index in [0.29, 0.717) is 10.7 Å². The Morgan fingerprint density at radius 3 is 1.90 bits per heavy atom. The third-order valence-electron chi connectivity index (χ3n) is 6.81. The smallest absolute Gasteiger partial charge is 0.248 e. The van der Waals surface area contributed by atoms with E-state index in [2.05, 4.69) is 118 Å². The zero-order valence-electron chi connectivity index (χ0n) is 22.0. The van der Waals surface area contributed by atoms with Crippen LogP contribution in [0.1, 0.15) is 11.1 Å². The van der Waals surface area contributed by atoms with Gasteiger partial charge in [-0.25, -0.2) is 19.7 Å². The molecule has 0 aliphatic rings. The Bertz CT molecular complexity index is 2120. The molecule has 0 atom stereocenters. The van der Waals surface area contributed by atoms with Crippen LogP contribution in [-0.2, 0) is 14.1 Å². The van der Waals surface area contributed by atoms with Gasteiger partial charge in [-0.1, -0.05) is 46.9 Å². The Morgan fingerprint density at radius 1 is 0.829 bits per heavy atom. The number of fused-ring (bicyclic) bond motifs is 2. The molecule has 2 N–H and O–H groups in total. The first-order valence-electron chi connectivity index (χ1n) is 12.7. The van der Waals surface area contributed by atoms with Crippen molar-refractivity contribution in [2.45, 2.75) is 0 Å². The van der Waals surface area contributed by atoms with Gasteiger partial charge in [0.2, 0.25) is 4.77 Å². The molecule has 7 aromatic rings. The summed E-state index contributed by atoms with van der Waals surface area (Å²) < 4.78 is 10.5. The summed E-state index contributed by atoms with van der Waals surface area (Å²) in [6, 6.07) is 16.5. The van der Waals surface area contributed by atoms with Gasteiger partial charge in [-0.2, -0.15) is 23.7 Å². The molecule has 0 saturated carbocycles. The zero-order chi connectivity index (χ0) is 27.9. The molecule has 5 aromatic heterocycles. The van der Waals surface area contributed by atoms with Crippen LogP contribution < -0.4 is 14.6 Å². The Balaban J connectivity index is 1.03. The molecule has 0 spiro atoms. The third kappa shape index (κ3) is 4.69. The largest absolute Gasteiger partial charge is 0.345 e. The lowest BCUT2D eigenvalue weighted by Crippen LogP contribution is -2.28. The maximum atomic E-state index is 5.37. The van der Waals surface area contributed by atoms with Gasteiger partial charge in [-0.15, -0.1) is 5.10 Å². The van der Waals surface area contributed by atoms with Crippen LogP contribution in [0, 0.1) is 4.77 Å². The van der Waals surface area contributed by atoms with Crippen LogP contribution >= 0.6 is 34.9 Å². The van der Waals surface area contributed by atoms with Gasteiger partial charge in [-0.3, -0.25) is 0 Å². The standard InChI is InChI=1S/C28H23N10S3/c1-34-23(17-36-11-13-40-27(34)36)21-7-3-19(4-8-21)15-29-31-25-32-33-26(39)38(25)30-16-20-5-9-22(10-6-20)24-18-37-12-14-41-28(37)35(24)2/h3-18H,1-2H3,(H-,31,32,33,39)/q+1/p+1/b29-15+,30-16+. The van der Waals surface area contributed by atoms with E-state index in [-0.39, 0.29) is 0 Å². The SMILES string of the molecule is C[n+]1c(-c2ccc(/C=N/Nc3n[nH]c(=S)n3/N=C/c3ccc(-c4cn5ccsc5[n+]4C)cc3)cc2)cn2ccsc21. The Hall–Kier alpha value is -4.72. The fraction of sp³-hybridized carbons (Fsp3) is 0.0714. The molecular weight excluding hydrogens is 573 g/mol. The van der Waals surface area contributed by atoms with Gasteiger partial charge in [0.25, 0.3) is 5.95 Å². The third-order valence-corrected chi connectivity index (χ3v) is 8.99. The van der Waals surface area contributed by atoms with Gasteiger partial charge < -0.3 is 0 Å². The van der Waals surface area contributed by atoms with Crippen molar-refractivity contribution in [3.8, 4) is 22.5 Å². The number of thiazole rings is 2. The number of hydrogen-bond donors (Lipinski definition) is 2. The Kier molecular flexibility index (Phi) is 6.38. The van der Waals surface area contributed by atoms with E-state index in [1.807, 2.05) is 24.3 Å². The molecule has 0 unspecified atom stereocenters. The molecule has 13 heteroatoms. The molecule has 0 aliphatic carbocycles. The van der Waals surface area contributed by atoms with Crippen molar-refractivity contribution in [1.29, 1.82) is 0 Å². The summed E-state index contributed by atoms with van der Waals surface area (Å²) >= 11 is 8.80. The normalized spacial score (nSPS) is 12.0. The first-order chi connectivity index (χ1) is 20.0. The molecule has 0 saturated heterocycles. The predicted molar refractivity (Wildman–Crippen MR) is 165 cm³/mol. The van der Waals surface area contributed by atoms with Crippen molar-refractivity contribution in [3.05, 3.63) is 100.0 Å². The van der Waals surface area contributed by atoms with Crippen LogP contribution in [0.25, 0.3) is 32.4 Å². The van der Waals surface area contributed by atoms with Gasteiger partial charge in [0, 0.05) is 21.9 Å². The highest BCUT2D eigenvalue weighted by Gasteiger charge is 2.18. The number of aromatic nitrogens is 7. The minimum Gasteiger partial charge on any atom is -0.248 e. The van der Waals surface area contributed by atoms with Crippen molar-refractivity contribution >= 4 is 63.2 Å². The fourth-order valence-corrected chi connectivity index (χ4v) is 6.47. The van der Waals surface area contributed by atoms with Crippen molar-refractivity contribution < 1.29 is 9.13 Å². The van der Waals surface area contributed by atoms with Gasteiger partial charge in [0.05, 0.1) is 26.5 Å². The van der Waals surface area contributed by atoms with Crippen molar-refractivity contribution in [3.63, 3.8) is 0 Å². The summed E-state index contributed by atoms with van der Waals surface area (Å²) in [4.78, 5) is 2.37. The lowest BCUT2D eigenvalue weighted by Gasteiger charge is -2.01. The van der Waals surface area contributed by atoms with Crippen LogP contribution in [0.15, 0.2) is 94.3 Å². The first kappa shape index (κ1) is 25.3. The predicted octanol–water partition coefficient (Wildman–Crippen LogP) is 4.88. The molecular formula is C28H24N10S3+2. The highest BCUT2D eigenvalue weighted by Crippen LogP contribution is 2.21. The van der Waals surface area contributed by atoms with Gasteiger partial charge in [0.15, 0.2) is 11.4 Å². The molecule has 0 amide bonds. The van der Waals surface area contributed by atoms with Crippen molar-refractivity contribution in [1.82, 2.24) is 23.7 Å². The van der Waals surface area contributed by atoms with E-state index < -0.39 is 0 Å². The number of anilines is 1. The maximum absolute atomic E-state index is 5.37. The quantitative estimate of drug-likeness (QED) is 0.119. The minimum absolute atomic E-state index is 0.362. The maximum Gasteiger partial charge on any atom is 0.345 e. The lowest BCUT2D eigenvalue weighted by molar-refractivity contribution is -0.631. The number of H-pyrrole nitrogens is 1. The molecule has 202 valence electrons. The lowest BCUT2D eigenvalue weighted by atomic mass is 10.1. The number of benzene rings is 2. The van der Waals surface area contributed by atoms with Crippen molar-refractivity contribution in [2.75, 3.05) is 5.43 Å². The zero-order valence-corrected chi connectivity index (χ0v) is 24.5. The summed E-state index contributed by atoms with van der Waals surface area (Å²) in [6.07, 6.45) is 11.9. The average Bonchev–Trinajstić information content (AvgIpc) is 3.81. The summed E-state index contributed by atoms with van der Waals surface area (Å²) in [5, 5.41) is 20.0. The summed E-state index contributed by atoms with van der Waals surface area (Å²) in [5.74, 6) is 0.387. The number of nitrogens with one attached hydrogen (secondary N) is 2. The number of nitrogens with zero attached hydrogens (tertiary/aromatic N) is 8. The number of aromatic amines is 1. The van der Waals surface area contributed by atoms with Crippen molar-refractivity contribution in [2.24, 2.45) is 24.3 Å². The van der Waals surface area contributed by atoms with Crippen LogP contribution in [0.3, 0.4) is 0 Å². The monoisotopic (exact) mass is 596 g/mol. The molecule has 10 nitrogen and oxygen atoms in total. The minimum atomic E-state index is 0.362. The molecule has 2 aromatic carbocycles. The second-order valence-electron chi connectivity index (χ2n) is 9.36. The van der Waals surface area contributed by atoms with Gasteiger partial charge in [0.1, 0.15) is 24.8 Å². The average molecular weight is 597 g/mol. The van der Waals surface area contributed by atoms with E-state index in [0.717, 1.165) is 33.6 Å². The Labute approximate surface area is 247 Å². The van der Waals surface area contributed by atoms with E-state index in [1.54, 1.807) is 35.1 Å². The highest BCUT2D eigenvalue weighted by atomic mass is 32.1. The van der Waals surface area contributed by atoms with E-state index in [4.69, 9.17) is 12.2 Å². The number of hydrogen-bond acceptors (Lipinski definition) is 7. The van der Waals surface area contributed by atoms with Gasteiger partial charge in [-0.05, 0) is 47.6 Å². The van der Waals surface area contributed by atoms with Gasteiger partial charge >= 0.3 is 9.92 Å². The molecule has 7 rings (SSSR count). The molecule has 5 heterocycles. The fourth-order valence-electron chi connectivity index (χ4n) is 4.68. The van der Waals surface area contributed by atoms with Crippen LogP contribution in [0.2, 0.25) is 0 Å². The topological polar surface area (TPSA) is 86.9 Å². The van der Waals surface area contributed by atoms with E-state index in [1.165, 1.54) is 14.6 Å². The molecule has 0 aliphatic heterocycles. The van der Waals surface area contributed by atoms with E-state index >= 15 is 0 Å². The van der Waals surface area contributed by atoms with Crippen LogP contribution in [0.5, 0.6) is 0 Å². The van der Waals surface area contributed by atoms with E-state index in [9.17, 15) is 0 Å². The molecule has 0 bridgehead atoms. The molecule has 0 radical (unpaired) electrons. The number of hydrazone groups is 1. The van der Waals surface area contributed by atoms with Crippen LogP contribution in [-0.4, -0.2) is 36.1 Å². The molecule has 41 heavy (non-hydrogen) atoms. The van der Waals surface area contributed by atoms with Crippen LogP contribution in [0.4, 0.5) is 5.95 Å². The summed E-state index contributed by atoms with van der Waals surface area (Å²) in [7, 11) is 4.16. The number of aryl methyl sites for hydroxylation is 2. The number of rotatable bonds is 7. The Morgan fingerprint density at radius 2 is 1.37 bits per heavy atom. The second kappa shape index (κ2) is 10.4. The number of imidazole rings is 2. The second-order valence-corrected chi connectivity index (χ2v) is 11.5. The summed E-state index contributed by atoms with van der Waals surface area (Å²) in [5.41, 5.74) is 9.39. The summed E-state index contributed by atoms with van der Waals surface area (Å²) in [6.45, 7) is 0. The highest BCUT2D eigenvalue weighted by molar-refractivity contribution is 7.71. The molecule has 0 fully saturated rings.